The fourth-order valence-electron chi connectivity index (χ4n) is 2.40. The van der Waals surface area contributed by atoms with Crippen molar-refractivity contribution in [3.8, 4) is 11.5 Å². The van der Waals surface area contributed by atoms with Gasteiger partial charge in [0.15, 0.2) is 0 Å². The van der Waals surface area contributed by atoms with Crippen molar-refractivity contribution < 1.29 is 22.7 Å². The van der Waals surface area contributed by atoms with Gasteiger partial charge in [0, 0.05) is 32.6 Å². The summed E-state index contributed by atoms with van der Waals surface area (Å²) in [5.41, 5.74) is 0. The van der Waals surface area contributed by atoms with Crippen molar-refractivity contribution in [2.24, 2.45) is 5.92 Å². The van der Waals surface area contributed by atoms with Gasteiger partial charge < -0.3 is 14.4 Å². The number of rotatable bonds is 6. The number of amides is 1. The van der Waals surface area contributed by atoms with Crippen LogP contribution in [0.5, 0.6) is 11.5 Å². The highest BCUT2D eigenvalue weighted by atomic mass is 32.2. The number of nitrogens with one attached hydrogen (secondary N) is 1. The summed E-state index contributed by atoms with van der Waals surface area (Å²) in [5.74, 6) is 0.744. The van der Waals surface area contributed by atoms with Crippen LogP contribution in [0.25, 0.3) is 0 Å². The van der Waals surface area contributed by atoms with E-state index in [0.29, 0.717) is 18.7 Å². The summed E-state index contributed by atoms with van der Waals surface area (Å²) in [6, 6.07) is 4.51. The van der Waals surface area contributed by atoms with E-state index in [1.54, 1.807) is 18.0 Å². The third-order valence-electron chi connectivity index (χ3n) is 3.64. The SMILES string of the molecule is COc1ccc(S(=O)(=O)NCC2CC(=O)N(C)C2)c(OC)c1. The second-order valence-electron chi connectivity index (χ2n) is 5.21. The van der Waals surface area contributed by atoms with Gasteiger partial charge >= 0.3 is 0 Å². The molecule has 1 aliphatic rings. The third-order valence-corrected chi connectivity index (χ3v) is 5.11. The second kappa shape index (κ2) is 6.53. The molecule has 0 aromatic heterocycles. The normalized spacial score (nSPS) is 18.6. The molecular weight excluding hydrogens is 308 g/mol. The monoisotopic (exact) mass is 328 g/mol. The molecule has 0 bridgehead atoms. The minimum absolute atomic E-state index is 0.0171. The lowest BCUT2D eigenvalue weighted by molar-refractivity contribution is -0.126. The average molecular weight is 328 g/mol. The Labute approximate surface area is 130 Å². The lowest BCUT2D eigenvalue weighted by Crippen LogP contribution is -2.30. The molecule has 1 amide bonds. The van der Waals surface area contributed by atoms with Gasteiger partial charge in [0.25, 0.3) is 0 Å². The van der Waals surface area contributed by atoms with Crippen LogP contribution in [0.3, 0.4) is 0 Å². The van der Waals surface area contributed by atoms with Crippen LogP contribution in [0.1, 0.15) is 6.42 Å². The Morgan fingerprint density at radius 2 is 2.05 bits per heavy atom. The Bertz CT molecular complexity index is 659. The molecule has 122 valence electrons. The van der Waals surface area contributed by atoms with Crippen LogP contribution in [-0.2, 0) is 14.8 Å². The Hall–Kier alpha value is -1.80. The van der Waals surface area contributed by atoms with Crippen molar-refractivity contribution in [3.05, 3.63) is 18.2 Å². The summed E-state index contributed by atoms with van der Waals surface area (Å²) < 4.78 is 37.5. The maximum atomic E-state index is 12.4. The van der Waals surface area contributed by atoms with Crippen molar-refractivity contribution in [2.45, 2.75) is 11.3 Å². The van der Waals surface area contributed by atoms with Gasteiger partial charge in [-0.2, -0.15) is 0 Å². The number of carbonyl (C=O) groups is 1. The molecule has 1 unspecified atom stereocenters. The molecule has 1 heterocycles. The number of nitrogens with zero attached hydrogens (tertiary/aromatic N) is 1. The molecule has 1 saturated heterocycles. The van der Waals surface area contributed by atoms with Gasteiger partial charge in [0.2, 0.25) is 15.9 Å². The van der Waals surface area contributed by atoms with Crippen LogP contribution >= 0.6 is 0 Å². The number of likely N-dealkylation sites (tertiary alicyclic amines) is 1. The van der Waals surface area contributed by atoms with E-state index in [1.807, 2.05) is 0 Å². The fraction of sp³-hybridized carbons (Fsp3) is 0.500. The van der Waals surface area contributed by atoms with Gasteiger partial charge in [-0.15, -0.1) is 0 Å². The standard InChI is InChI=1S/C14H20N2O5S/c1-16-9-10(6-14(16)17)8-15-22(18,19)13-5-4-11(20-2)7-12(13)21-3/h4-5,7,10,15H,6,8-9H2,1-3H3. The minimum atomic E-state index is -3.71. The first-order valence-corrected chi connectivity index (χ1v) is 8.31. The first kappa shape index (κ1) is 16.6. The van der Waals surface area contributed by atoms with E-state index in [1.165, 1.54) is 26.4 Å². The highest BCUT2D eigenvalue weighted by molar-refractivity contribution is 7.89. The van der Waals surface area contributed by atoms with Crippen LogP contribution in [0.4, 0.5) is 0 Å². The molecular formula is C14H20N2O5S. The van der Waals surface area contributed by atoms with Gasteiger partial charge in [0.05, 0.1) is 14.2 Å². The van der Waals surface area contributed by atoms with Crippen LogP contribution in [-0.4, -0.2) is 53.6 Å². The van der Waals surface area contributed by atoms with Gasteiger partial charge in [0.1, 0.15) is 16.4 Å². The molecule has 1 aromatic rings. The van der Waals surface area contributed by atoms with Crippen molar-refractivity contribution in [3.63, 3.8) is 0 Å². The Balaban J connectivity index is 2.12. The summed E-state index contributed by atoms with van der Waals surface area (Å²) in [7, 11) is 0.897. The Kier molecular flexibility index (Phi) is 4.92. The second-order valence-corrected chi connectivity index (χ2v) is 6.95. The first-order valence-electron chi connectivity index (χ1n) is 6.83. The lowest BCUT2D eigenvalue weighted by atomic mass is 10.1. The maximum Gasteiger partial charge on any atom is 0.244 e. The van der Waals surface area contributed by atoms with Crippen molar-refractivity contribution in [1.29, 1.82) is 0 Å². The van der Waals surface area contributed by atoms with Crippen LogP contribution in [0, 0.1) is 5.92 Å². The molecule has 1 atom stereocenters. The smallest absolute Gasteiger partial charge is 0.244 e. The summed E-state index contributed by atoms with van der Waals surface area (Å²) in [6.45, 7) is 0.773. The average Bonchev–Trinajstić information content (AvgIpc) is 2.83. The highest BCUT2D eigenvalue weighted by Crippen LogP contribution is 2.28. The van der Waals surface area contributed by atoms with E-state index in [9.17, 15) is 13.2 Å². The number of carbonyl (C=O) groups excluding carboxylic acids is 1. The zero-order valence-electron chi connectivity index (χ0n) is 12.8. The van der Waals surface area contributed by atoms with E-state index in [4.69, 9.17) is 9.47 Å². The molecule has 0 aliphatic carbocycles. The predicted molar refractivity (Wildman–Crippen MR) is 80.5 cm³/mol. The summed E-state index contributed by atoms with van der Waals surface area (Å²) in [6.07, 6.45) is 0.360. The van der Waals surface area contributed by atoms with Crippen LogP contribution in [0.2, 0.25) is 0 Å². The van der Waals surface area contributed by atoms with Crippen molar-refractivity contribution >= 4 is 15.9 Å². The Morgan fingerprint density at radius 3 is 2.59 bits per heavy atom. The van der Waals surface area contributed by atoms with Crippen LogP contribution in [0.15, 0.2) is 23.1 Å². The number of methoxy groups -OCH3 is 2. The quantitative estimate of drug-likeness (QED) is 0.820. The molecule has 1 aliphatic heterocycles. The van der Waals surface area contributed by atoms with E-state index < -0.39 is 10.0 Å². The van der Waals surface area contributed by atoms with E-state index >= 15 is 0 Å². The first-order chi connectivity index (χ1) is 10.4. The van der Waals surface area contributed by atoms with Crippen LogP contribution < -0.4 is 14.2 Å². The van der Waals surface area contributed by atoms with E-state index in [-0.39, 0.29) is 29.0 Å². The third kappa shape index (κ3) is 3.50. The summed E-state index contributed by atoms with van der Waals surface area (Å²) in [5, 5.41) is 0. The zero-order chi connectivity index (χ0) is 16.3. The molecule has 1 fully saturated rings. The largest absolute Gasteiger partial charge is 0.497 e. The summed E-state index contributed by atoms with van der Waals surface area (Å²) in [4.78, 5) is 13.1. The predicted octanol–water partition coefficient (Wildman–Crippen LogP) is 0.460. The Morgan fingerprint density at radius 1 is 1.32 bits per heavy atom. The van der Waals surface area contributed by atoms with Gasteiger partial charge in [-0.3, -0.25) is 4.79 Å². The van der Waals surface area contributed by atoms with E-state index in [0.717, 1.165) is 0 Å². The topological polar surface area (TPSA) is 84.9 Å². The molecule has 1 N–H and O–H groups in total. The minimum Gasteiger partial charge on any atom is -0.497 e. The molecule has 2 rings (SSSR count). The molecule has 0 spiro atoms. The molecule has 22 heavy (non-hydrogen) atoms. The molecule has 0 saturated carbocycles. The number of hydrogen-bond donors (Lipinski definition) is 1. The van der Waals surface area contributed by atoms with Gasteiger partial charge in [-0.1, -0.05) is 0 Å². The highest BCUT2D eigenvalue weighted by Gasteiger charge is 2.28. The fourth-order valence-corrected chi connectivity index (χ4v) is 3.66. The molecule has 8 heteroatoms. The van der Waals surface area contributed by atoms with Gasteiger partial charge in [-0.25, -0.2) is 13.1 Å². The lowest BCUT2D eigenvalue weighted by Gasteiger charge is -2.14. The molecule has 7 nitrogen and oxygen atoms in total. The van der Waals surface area contributed by atoms with Gasteiger partial charge in [-0.05, 0) is 18.1 Å². The molecule has 1 aromatic carbocycles. The van der Waals surface area contributed by atoms with E-state index in [2.05, 4.69) is 4.72 Å². The molecule has 0 radical (unpaired) electrons. The maximum absolute atomic E-state index is 12.4. The van der Waals surface area contributed by atoms with Crippen molar-refractivity contribution in [1.82, 2.24) is 9.62 Å². The summed E-state index contributed by atoms with van der Waals surface area (Å²) >= 11 is 0. The number of sulfonamides is 1. The number of ether oxygens (including phenoxy) is 2. The van der Waals surface area contributed by atoms with Crippen molar-refractivity contribution in [2.75, 3.05) is 34.4 Å². The zero-order valence-corrected chi connectivity index (χ0v) is 13.6. The number of benzene rings is 1. The number of hydrogen-bond acceptors (Lipinski definition) is 5.